The standard InChI is InChI=1S/C24H24F7N5O2/c1-11-18(14-6-7-16(25)19(26)15(14)5-4-13-8-32-33-9-13)20(38-23(11,3)24(29,30)31)21(37)34-17-10-36(22(27)28)35-12(17)2/h6-11,18,20,22H,4-5H2,1-3H3,(H,32,33)(H,34,37)/t11-,18-,20+,23+/m0/s1. The lowest BCUT2D eigenvalue weighted by Gasteiger charge is -2.32. The Morgan fingerprint density at radius 2 is 1.97 bits per heavy atom. The molecule has 1 fully saturated rings. The zero-order chi connectivity index (χ0) is 28.0. The topological polar surface area (TPSA) is 84.8 Å². The van der Waals surface area contributed by atoms with E-state index in [0.29, 0.717) is 5.56 Å². The number of hydrogen-bond donors (Lipinski definition) is 2. The molecule has 1 aliphatic heterocycles. The summed E-state index contributed by atoms with van der Waals surface area (Å²) in [6, 6.07) is 1.93. The van der Waals surface area contributed by atoms with Crippen LogP contribution in [0, 0.1) is 24.5 Å². The highest BCUT2D eigenvalue weighted by molar-refractivity contribution is 5.95. The molecule has 4 rings (SSSR count). The molecule has 38 heavy (non-hydrogen) atoms. The number of anilines is 1. The van der Waals surface area contributed by atoms with E-state index in [9.17, 15) is 31.1 Å². The number of benzene rings is 1. The molecular weight excluding hydrogens is 523 g/mol. The van der Waals surface area contributed by atoms with Crippen LogP contribution in [0.1, 0.15) is 48.7 Å². The molecule has 0 spiro atoms. The van der Waals surface area contributed by atoms with Crippen LogP contribution in [-0.4, -0.2) is 43.8 Å². The number of carbonyl (C=O) groups is 1. The van der Waals surface area contributed by atoms with Crippen LogP contribution in [0.4, 0.5) is 36.4 Å². The average molecular weight is 547 g/mol. The van der Waals surface area contributed by atoms with Crippen molar-refractivity contribution in [3.8, 4) is 0 Å². The molecule has 1 aromatic carbocycles. The van der Waals surface area contributed by atoms with Crippen LogP contribution < -0.4 is 5.32 Å². The van der Waals surface area contributed by atoms with Gasteiger partial charge in [-0.2, -0.15) is 32.1 Å². The largest absolute Gasteiger partial charge is 0.417 e. The Kier molecular flexibility index (Phi) is 7.30. The molecule has 7 nitrogen and oxygen atoms in total. The van der Waals surface area contributed by atoms with Crippen molar-refractivity contribution >= 4 is 11.6 Å². The van der Waals surface area contributed by atoms with Gasteiger partial charge in [-0.05, 0) is 49.4 Å². The second-order valence-corrected chi connectivity index (χ2v) is 9.37. The van der Waals surface area contributed by atoms with E-state index < -0.39 is 53.8 Å². The minimum Gasteiger partial charge on any atom is -0.352 e. The maximum Gasteiger partial charge on any atom is 0.417 e. The van der Waals surface area contributed by atoms with Crippen LogP contribution >= 0.6 is 0 Å². The van der Waals surface area contributed by atoms with Gasteiger partial charge in [0.25, 0.3) is 5.91 Å². The fraction of sp³-hybridized carbons (Fsp3) is 0.458. The number of nitrogens with one attached hydrogen (secondary N) is 2. The second-order valence-electron chi connectivity index (χ2n) is 9.37. The average Bonchev–Trinajstić information content (AvgIpc) is 3.55. The van der Waals surface area contributed by atoms with Crippen molar-refractivity contribution in [3.05, 3.63) is 64.7 Å². The van der Waals surface area contributed by atoms with Gasteiger partial charge < -0.3 is 10.1 Å². The maximum atomic E-state index is 15.1. The van der Waals surface area contributed by atoms with Gasteiger partial charge in [-0.1, -0.05) is 13.0 Å². The molecule has 0 saturated carbocycles. The first-order valence-corrected chi connectivity index (χ1v) is 11.6. The van der Waals surface area contributed by atoms with E-state index >= 15 is 4.39 Å². The summed E-state index contributed by atoms with van der Waals surface area (Å²) in [6.07, 6.45) is -2.81. The van der Waals surface area contributed by atoms with Crippen molar-refractivity contribution in [1.29, 1.82) is 0 Å². The molecule has 0 unspecified atom stereocenters. The fourth-order valence-corrected chi connectivity index (χ4v) is 4.79. The predicted molar refractivity (Wildman–Crippen MR) is 120 cm³/mol. The van der Waals surface area contributed by atoms with Crippen molar-refractivity contribution in [2.24, 2.45) is 5.92 Å². The molecule has 1 saturated heterocycles. The Balaban J connectivity index is 1.76. The molecular formula is C24H24F7N5O2. The van der Waals surface area contributed by atoms with Gasteiger partial charge in [0, 0.05) is 18.0 Å². The number of halogens is 7. The molecule has 4 atom stereocenters. The molecule has 3 aromatic rings. The van der Waals surface area contributed by atoms with Crippen LogP contribution in [0.3, 0.4) is 0 Å². The fourth-order valence-electron chi connectivity index (χ4n) is 4.79. The Labute approximate surface area is 212 Å². The molecule has 1 aliphatic rings. The SMILES string of the molecule is Cc1nn(C(F)F)cc1NC(=O)[C@@H]1O[C@@](C)(C(F)(F)F)[C@@H](C)[C@H]1c1ccc(F)c(F)c1CCc1cn[nH]c1. The number of rotatable bonds is 7. The molecule has 0 bridgehead atoms. The summed E-state index contributed by atoms with van der Waals surface area (Å²) in [6.45, 7) is 0.312. The normalized spacial score (nSPS) is 23.8. The molecule has 2 aromatic heterocycles. The van der Waals surface area contributed by atoms with Gasteiger partial charge >= 0.3 is 12.7 Å². The molecule has 1 amide bonds. The van der Waals surface area contributed by atoms with Crippen LogP contribution in [0.2, 0.25) is 0 Å². The van der Waals surface area contributed by atoms with E-state index in [-0.39, 0.29) is 40.0 Å². The van der Waals surface area contributed by atoms with Gasteiger partial charge in [0.2, 0.25) is 0 Å². The van der Waals surface area contributed by atoms with Gasteiger partial charge in [0.1, 0.15) is 6.10 Å². The number of aryl methyl sites for hydroxylation is 2. The van der Waals surface area contributed by atoms with Crippen LogP contribution in [0.5, 0.6) is 0 Å². The first kappa shape index (κ1) is 27.6. The smallest absolute Gasteiger partial charge is 0.352 e. The first-order valence-electron chi connectivity index (χ1n) is 11.6. The van der Waals surface area contributed by atoms with Gasteiger partial charge in [-0.3, -0.25) is 9.89 Å². The van der Waals surface area contributed by atoms with E-state index in [1.54, 1.807) is 0 Å². The summed E-state index contributed by atoms with van der Waals surface area (Å²) in [4.78, 5) is 13.3. The van der Waals surface area contributed by atoms with Gasteiger partial charge in [-0.25, -0.2) is 13.5 Å². The summed E-state index contributed by atoms with van der Waals surface area (Å²) >= 11 is 0. The van der Waals surface area contributed by atoms with Crippen molar-refractivity contribution in [2.75, 3.05) is 5.32 Å². The van der Waals surface area contributed by atoms with Crippen LogP contribution in [0.15, 0.2) is 30.7 Å². The Bertz CT molecular complexity index is 1310. The molecule has 2 N–H and O–H groups in total. The van der Waals surface area contributed by atoms with E-state index in [0.717, 1.165) is 25.3 Å². The zero-order valence-corrected chi connectivity index (χ0v) is 20.4. The van der Waals surface area contributed by atoms with Crippen molar-refractivity contribution in [3.63, 3.8) is 0 Å². The van der Waals surface area contributed by atoms with Gasteiger partial charge in [-0.15, -0.1) is 0 Å². The Morgan fingerprint density at radius 3 is 2.55 bits per heavy atom. The predicted octanol–water partition coefficient (Wildman–Crippen LogP) is 5.45. The minimum atomic E-state index is -4.92. The number of H-pyrrole nitrogens is 1. The van der Waals surface area contributed by atoms with Gasteiger partial charge in [0.15, 0.2) is 17.2 Å². The highest BCUT2D eigenvalue weighted by Crippen LogP contribution is 2.54. The van der Waals surface area contributed by atoms with E-state index in [1.807, 2.05) is 0 Å². The van der Waals surface area contributed by atoms with Crippen molar-refractivity contribution in [1.82, 2.24) is 20.0 Å². The number of aromatic amines is 1. The quantitative estimate of drug-likeness (QED) is 0.386. The highest BCUT2D eigenvalue weighted by atomic mass is 19.4. The number of ether oxygens (including phenoxy) is 1. The minimum absolute atomic E-state index is 0.00606. The molecule has 14 heteroatoms. The summed E-state index contributed by atoms with van der Waals surface area (Å²) < 4.78 is 104. The number of nitrogens with zero attached hydrogens (tertiary/aromatic N) is 3. The number of hydrogen-bond acceptors (Lipinski definition) is 4. The first-order chi connectivity index (χ1) is 17.7. The summed E-state index contributed by atoms with van der Waals surface area (Å²) in [5.41, 5.74) is -2.55. The van der Waals surface area contributed by atoms with Crippen LogP contribution in [-0.2, 0) is 22.4 Å². The number of amides is 1. The van der Waals surface area contributed by atoms with Gasteiger partial charge in [0.05, 0.1) is 23.8 Å². The number of carbonyl (C=O) groups excluding carboxylic acids is 1. The molecule has 3 heterocycles. The summed E-state index contributed by atoms with van der Waals surface area (Å²) in [7, 11) is 0. The number of alkyl halides is 5. The number of aromatic nitrogens is 4. The zero-order valence-electron chi connectivity index (χ0n) is 20.4. The third-order valence-electron chi connectivity index (χ3n) is 7.11. The van der Waals surface area contributed by atoms with E-state index in [1.165, 1.54) is 26.2 Å². The molecule has 206 valence electrons. The second kappa shape index (κ2) is 10.0. The Morgan fingerprint density at radius 1 is 1.26 bits per heavy atom. The lowest BCUT2D eigenvalue weighted by atomic mass is 9.75. The lowest BCUT2D eigenvalue weighted by Crippen LogP contribution is -2.47. The third kappa shape index (κ3) is 4.88. The van der Waals surface area contributed by atoms with Crippen molar-refractivity contribution < 1.29 is 40.3 Å². The lowest BCUT2D eigenvalue weighted by molar-refractivity contribution is -0.272. The highest BCUT2D eigenvalue weighted by Gasteiger charge is 2.65. The molecule has 0 radical (unpaired) electrons. The summed E-state index contributed by atoms with van der Waals surface area (Å²) in [5, 5.41) is 12.2. The van der Waals surface area contributed by atoms with E-state index in [4.69, 9.17) is 4.74 Å². The monoisotopic (exact) mass is 547 g/mol. The molecule has 0 aliphatic carbocycles. The van der Waals surface area contributed by atoms with E-state index in [2.05, 4.69) is 20.6 Å². The maximum absolute atomic E-state index is 15.1. The van der Waals surface area contributed by atoms with Crippen LogP contribution in [0.25, 0.3) is 0 Å². The van der Waals surface area contributed by atoms with Crippen molar-refractivity contribution in [2.45, 2.75) is 64.0 Å². The summed E-state index contributed by atoms with van der Waals surface area (Å²) in [5.74, 6) is -6.29. The third-order valence-corrected chi connectivity index (χ3v) is 7.11. The Hall–Kier alpha value is -3.42.